The number of rotatable bonds is 19. The molecule has 672 valence electrons. The van der Waals surface area contributed by atoms with Gasteiger partial charge in [-0.3, -0.25) is 78.2 Å². The Morgan fingerprint density at radius 2 is 0.939 bits per heavy atom. The standard InChI is InChI=1S/C35H31N5O6.C34H29N5O6.C30H34N6O5/c1-21(2)33(43)46-29-12-11-28(25-17-36-39(3)18-25)37-31(29)23-7-5-22(6-8-23)13-14-35(16-30(41)38-34(35)44)20-40-19-24-9-10-26(45-4)15-27(24)32(40)42;1-4-30(41)45-28-12-11-27(24-17-35-38(2)18-24)36-31(28)22-7-5-21(6-8-22)13-14-34(16-29(40)37-33(34)43)20-39-19-23-9-10-25(44-3)15-26(23)32(39)42;1-20(2)34-13-4-14-35(16-15-34)26(33-40)22-7-5-21(6-8-22)11-12-30(28(38)31-29(39)32-30)19-36-18-23-9-10-24(41-3)17-25(23)27(36)37/h5-12,15,17-18,21H,16,19-20H2,1-4H3,(H,38,41,44);5-12,15,17-18H,4,16,19-20H2,1-3H3,(H,37,40,43);5-10,17,20,40H,4,13-16,18-19H2,1-3H3,(H2,31,32,38,39)/t35-;34-;30-/m111/s1. The molecule has 3 atom stereocenters. The van der Waals surface area contributed by atoms with Crippen molar-refractivity contribution in [2.75, 3.05) is 67.1 Å². The maximum absolute atomic E-state index is 13.2. The third-order valence-electron chi connectivity index (χ3n) is 23.5. The zero-order chi connectivity index (χ0) is 93.5. The van der Waals surface area contributed by atoms with E-state index >= 15 is 0 Å². The lowest BCUT2D eigenvalue weighted by Gasteiger charge is -2.26. The number of hydrogen-bond acceptors (Lipinski definition) is 23. The number of amidine groups is 1. The number of imide groups is 3. The van der Waals surface area contributed by atoms with Crippen LogP contribution in [0.1, 0.15) is 130 Å². The molecule has 0 spiro atoms. The molecule has 4 saturated heterocycles. The van der Waals surface area contributed by atoms with E-state index in [0.29, 0.717) is 121 Å². The van der Waals surface area contributed by atoms with Crippen molar-refractivity contribution in [3.05, 3.63) is 232 Å². The van der Waals surface area contributed by atoms with Crippen molar-refractivity contribution >= 4 is 71.1 Å². The van der Waals surface area contributed by atoms with Crippen LogP contribution in [-0.2, 0) is 67.3 Å². The first-order valence-electron chi connectivity index (χ1n) is 42.7. The maximum atomic E-state index is 13.2. The van der Waals surface area contributed by atoms with E-state index in [1.165, 1.54) is 26.2 Å². The fourth-order valence-corrected chi connectivity index (χ4v) is 16.3. The summed E-state index contributed by atoms with van der Waals surface area (Å²) in [5.74, 6) is 16.5. The normalized spacial score (nSPS) is 18.4. The Kier molecular flexibility index (Phi) is 26.4. The average Bonchev–Trinajstić information content (AvgIpc) is 1.62. The molecule has 10 aromatic rings. The number of carbonyl (C=O) groups is 11. The van der Waals surface area contributed by atoms with Gasteiger partial charge in [-0.05, 0) is 146 Å². The quantitative estimate of drug-likeness (QED) is 0.00736. The average molecular weight is 1780 g/mol. The van der Waals surface area contributed by atoms with Crippen molar-refractivity contribution in [3.8, 4) is 109 Å². The van der Waals surface area contributed by atoms with Gasteiger partial charge < -0.3 is 53.8 Å². The second kappa shape index (κ2) is 38.5. The summed E-state index contributed by atoms with van der Waals surface area (Å²) in [6, 6.07) is 44.0. The highest BCUT2D eigenvalue weighted by molar-refractivity contribution is 6.11. The van der Waals surface area contributed by atoms with E-state index in [1.54, 1.807) is 174 Å². The minimum absolute atomic E-state index is 0.0390. The monoisotopic (exact) mass is 1780 g/mol. The van der Waals surface area contributed by atoms with E-state index in [1.807, 2.05) is 56.8 Å². The van der Waals surface area contributed by atoms with Gasteiger partial charge >= 0.3 is 18.0 Å². The summed E-state index contributed by atoms with van der Waals surface area (Å²) in [6.07, 6.45) is 7.95. The Labute approximate surface area is 760 Å². The lowest BCUT2D eigenvalue weighted by atomic mass is 9.85. The SMILES string of the molecule is CCC(=O)Oc1ccc(-c2cnn(C)c2)nc1-c1ccc(C#C[C@]2(CN3Cc4ccc(OC)cc4C3=O)CC(=O)NC2=O)cc1.COc1ccc2c(c1)C(=O)N(C[C@@]1(C#Cc3ccc(-c4nc(-c5cnn(C)c5)ccc4OC(=O)C(C)C)cc3)CC(=O)NC1=O)C2.COc1ccc2c(c1)C(=O)N(C[C@@]1(C#Cc3ccc(C(=NO)N4CCCN(C(C)C)CC4)cc3)NC(=O)NC1=O)C2. The van der Waals surface area contributed by atoms with E-state index in [-0.39, 0.29) is 81.0 Å². The molecule has 6 aromatic carbocycles. The molecule has 4 aromatic heterocycles. The van der Waals surface area contributed by atoms with Crippen LogP contribution in [0.25, 0.3) is 45.0 Å². The van der Waals surface area contributed by atoms with Gasteiger partial charge in [0.2, 0.25) is 29.2 Å². The molecule has 0 radical (unpaired) electrons. The molecule has 0 saturated carbocycles. The zero-order valence-electron chi connectivity index (χ0n) is 74.1. The minimum atomic E-state index is -1.61. The smallest absolute Gasteiger partial charge is 0.323 e. The van der Waals surface area contributed by atoms with Crippen molar-refractivity contribution in [2.45, 2.75) is 91.5 Å². The molecule has 5 N–H and O–H groups in total. The first-order valence-corrected chi connectivity index (χ1v) is 42.7. The first kappa shape index (κ1) is 90.7. The summed E-state index contributed by atoms with van der Waals surface area (Å²) in [5.41, 5.74) is 7.27. The van der Waals surface area contributed by atoms with Gasteiger partial charge in [-0.25, -0.2) is 14.8 Å². The lowest BCUT2D eigenvalue weighted by molar-refractivity contribution is -0.138. The molecule has 0 unspecified atom stereocenters. The Bertz CT molecular complexity index is 6540. The summed E-state index contributed by atoms with van der Waals surface area (Å²) in [7, 11) is 8.22. The van der Waals surface area contributed by atoms with E-state index in [9.17, 15) is 57.9 Å². The second-order valence-electron chi connectivity index (χ2n) is 33.3. The topological polar surface area (TPSA) is 392 Å². The van der Waals surface area contributed by atoms with Crippen molar-refractivity contribution < 1.29 is 81.6 Å². The fraction of sp³-hybridized carbons (Fsp3) is 0.293. The van der Waals surface area contributed by atoms with Gasteiger partial charge in [0.05, 0.1) is 70.4 Å². The van der Waals surface area contributed by atoms with Crippen LogP contribution in [0.3, 0.4) is 0 Å². The molecule has 0 bridgehead atoms. The zero-order valence-corrected chi connectivity index (χ0v) is 74.1. The van der Waals surface area contributed by atoms with Crippen LogP contribution in [0, 0.1) is 52.3 Å². The third-order valence-corrected chi connectivity index (χ3v) is 23.5. The Morgan fingerprint density at radius 1 is 0.500 bits per heavy atom. The van der Waals surface area contributed by atoms with Crippen LogP contribution in [0.5, 0.6) is 28.7 Å². The number of hydrogen-bond donors (Lipinski definition) is 5. The molecule has 4 fully saturated rings. The lowest BCUT2D eigenvalue weighted by Crippen LogP contribution is -2.54. The van der Waals surface area contributed by atoms with Gasteiger partial charge in [0.15, 0.2) is 17.3 Å². The molecule has 7 aliphatic heterocycles. The van der Waals surface area contributed by atoms with Crippen LogP contribution < -0.4 is 45.0 Å². The van der Waals surface area contributed by atoms with Gasteiger partial charge in [-0.1, -0.05) is 104 Å². The highest BCUT2D eigenvalue weighted by Crippen LogP contribution is 2.40. The predicted octanol–water partition coefficient (Wildman–Crippen LogP) is 9.11. The number of pyridine rings is 2. The van der Waals surface area contributed by atoms with Crippen LogP contribution in [0.15, 0.2) is 182 Å². The number of amides is 10. The van der Waals surface area contributed by atoms with Gasteiger partial charge in [0.25, 0.3) is 23.6 Å². The number of aryl methyl sites for hydroxylation is 2. The van der Waals surface area contributed by atoms with Crippen molar-refractivity contribution in [3.63, 3.8) is 0 Å². The van der Waals surface area contributed by atoms with E-state index in [4.69, 9.17) is 33.7 Å². The summed E-state index contributed by atoms with van der Waals surface area (Å²) in [4.78, 5) is 159. The molecule has 0 aliphatic carbocycles. The highest BCUT2D eigenvalue weighted by atomic mass is 16.5. The largest absolute Gasteiger partial charge is 0.497 e. The number of aromatic nitrogens is 6. The number of benzene rings is 6. The Morgan fingerprint density at radius 3 is 1.33 bits per heavy atom. The van der Waals surface area contributed by atoms with Gasteiger partial charge in [-0.2, -0.15) is 10.2 Å². The van der Waals surface area contributed by atoms with Crippen molar-refractivity contribution in [1.82, 2.24) is 75.3 Å². The van der Waals surface area contributed by atoms with E-state index < -0.39 is 51.9 Å². The molecule has 33 nitrogen and oxygen atoms in total. The second-order valence-corrected chi connectivity index (χ2v) is 33.3. The third kappa shape index (κ3) is 19.6. The molecule has 11 heterocycles. The number of fused-ring (bicyclic) bond motifs is 3. The summed E-state index contributed by atoms with van der Waals surface area (Å²) >= 11 is 0. The van der Waals surface area contributed by atoms with Gasteiger partial charge in [0, 0.05) is 159 Å². The molecule has 132 heavy (non-hydrogen) atoms. The number of ether oxygens (including phenoxy) is 5. The maximum Gasteiger partial charge on any atom is 0.323 e. The van der Waals surface area contributed by atoms with E-state index in [0.717, 1.165) is 66.0 Å². The van der Waals surface area contributed by atoms with Gasteiger partial charge in [-0.15, -0.1) is 0 Å². The highest BCUT2D eigenvalue weighted by Gasteiger charge is 2.52. The first-order chi connectivity index (χ1) is 63.4. The Hall–Kier alpha value is -16.1. The number of urea groups is 1. The fourth-order valence-electron chi connectivity index (χ4n) is 16.3. The Balaban J connectivity index is 0.000000152. The number of oxime groups is 1. The van der Waals surface area contributed by atoms with E-state index in [2.05, 4.69) is 95.8 Å². The van der Waals surface area contributed by atoms with Crippen molar-refractivity contribution in [2.24, 2.45) is 36.0 Å². The number of esters is 2. The van der Waals surface area contributed by atoms with Crippen LogP contribution >= 0.6 is 0 Å². The summed E-state index contributed by atoms with van der Waals surface area (Å²) < 4.78 is 30.4. The summed E-state index contributed by atoms with van der Waals surface area (Å²) in [5, 5.41) is 31.5. The number of carbonyl (C=O) groups excluding carboxylic acids is 11. The molecular formula is C99H94N16O17. The molecule has 10 amide bonds. The minimum Gasteiger partial charge on any atom is -0.497 e. The van der Waals surface area contributed by atoms with Crippen LogP contribution in [-0.4, -0.2) is 209 Å². The number of nitrogens with zero attached hydrogens (tertiary/aromatic N) is 12. The predicted molar refractivity (Wildman–Crippen MR) is 481 cm³/mol. The molecule has 33 heteroatoms. The molecular weight excluding hydrogens is 1690 g/mol. The molecule has 17 rings (SSSR count). The summed E-state index contributed by atoms with van der Waals surface area (Å²) in [6.45, 7) is 13.7. The van der Waals surface area contributed by atoms with Crippen LogP contribution in [0.2, 0.25) is 0 Å². The van der Waals surface area contributed by atoms with Gasteiger partial charge in [0.1, 0.15) is 39.5 Å². The number of methoxy groups -OCH3 is 3. The van der Waals surface area contributed by atoms with Crippen LogP contribution in [0.4, 0.5) is 4.79 Å². The van der Waals surface area contributed by atoms with Crippen molar-refractivity contribution in [1.29, 1.82) is 0 Å². The molecule has 7 aliphatic rings. The number of nitrogens with one attached hydrogen (secondary N) is 4.